The van der Waals surface area contributed by atoms with Gasteiger partial charge in [0.15, 0.2) is 0 Å². The van der Waals surface area contributed by atoms with Gasteiger partial charge in [-0.1, -0.05) is 20.8 Å². The van der Waals surface area contributed by atoms with E-state index < -0.39 is 0 Å². The number of methoxy groups -OCH3 is 3. The lowest BCUT2D eigenvalue weighted by molar-refractivity contribution is -0.247. The highest BCUT2D eigenvalue weighted by molar-refractivity contribution is 5.69. The number of esters is 1. The van der Waals surface area contributed by atoms with Gasteiger partial charge in [-0.05, 0) is 92.3 Å². The Morgan fingerprint density at radius 3 is 2.39 bits per heavy atom. The third-order valence-electron chi connectivity index (χ3n) is 11.3. The summed E-state index contributed by atoms with van der Waals surface area (Å²) < 4.78 is 28.8. The summed E-state index contributed by atoms with van der Waals surface area (Å²) in [6.45, 7) is 7.85. The van der Waals surface area contributed by atoms with Crippen LogP contribution in [0.4, 0.5) is 0 Å². The van der Waals surface area contributed by atoms with E-state index in [1.807, 2.05) is 0 Å². The number of carbonyl (C=O) groups excluding carboxylic acids is 1. The molecule has 0 unspecified atom stereocenters. The molecule has 0 bridgehead atoms. The second-order valence-corrected chi connectivity index (χ2v) is 12.7. The van der Waals surface area contributed by atoms with Crippen molar-refractivity contribution < 1.29 is 33.6 Å². The molecule has 1 N–H and O–H groups in total. The van der Waals surface area contributed by atoms with Gasteiger partial charge in [-0.15, -0.1) is 0 Å². The van der Waals surface area contributed by atoms with Gasteiger partial charge in [-0.3, -0.25) is 4.79 Å². The van der Waals surface area contributed by atoms with Crippen LogP contribution in [0.2, 0.25) is 0 Å². The second kappa shape index (κ2) is 11.6. The van der Waals surface area contributed by atoms with E-state index in [-0.39, 0.29) is 35.1 Å². The molecule has 4 fully saturated rings. The van der Waals surface area contributed by atoms with Crippen LogP contribution >= 0.6 is 0 Å². The Kier molecular flexibility index (Phi) is 9.09. The first-order valence-corrected chi connectivity index (χ1v) is 14.2. The quantitative estimate of drug-likeness (QED) is 0.334. The number of fused-ring (bicyclic) bond motifs is 5. The monoisotopic (exact) mass is 510 g/mol. The molecule has 11 atom stereocenters. The van der Waals surface area contributed by atoms with E-state index in [1.54, 1.807) is 14.2 Å². The zero-order valence-corrected chi connectivity index (χ0v) is 23.4. The Bertz CT molecular complexity index is 745. The number of aliphatic hydroxyl groups excluding tert-OH is 1. The molecule has 0 heterocycles. The van der Waals surface area contributed by atoms with Crippen molar-refractivity contribution >= 4 is 5.97 Å². The highest BCUT2D eigenvalue weighted by Crippen LogP contribution is 2.69. The molecule has 4 aliphatic rings. The number of hydrogen-bond donors (Lipinski definition) is 1. The van der Waals surface area contributed by atoms with Crippen molar-refractivity contribution in [2.24, 2.45) is 46.3 Å². The van der Waals surface area contributed by atoms with E-state index in [4.69, 9.17) is 23.7 Å². The van der Waals surface area contributed by atoms with Gasteiger partial charge in [-0.25, -0.2) is 0 Å². The Labute approximate surface area is 217 Å². The molecule has 7 heteroatoms. The smallest absolute Gasteiger partial charge is 0.305 e. The maximum atomic E-state index is 11.9. The summed E-state index contributed by atoms with van der Waals surface area (Å²) in [4.78, 5) is 11.9. The lowest BCUT2D eigenvalue weighted by Gasteiger charge is -2.64. The average Bonchev–Trinajstić information content (AvgIpc) is 3.23. The molecule has 7 nitrogen and oxygen atoms in total. The van der Waals surface area contributed by atoms with E-state index in [1.165, 1.54) is 7.11 Å². The zero-order chi connectivity index (χ0) is 26.1. The summed E-state index contributed by atoms with van der Waals surface area (Å²) in [5.74, 6) is 2.60. The lowest BCUT2D eigenvalue weighted by Crippen LogP contribution is -2.63. The Balaban J connectivity index is 1.67. The van der Waals surface area contributed by atoms with Gasteiger partial charge in [-0.2, -0.15) is 0 Å². The summed E-state index contributed by atoms with van der Waals surface area (Å²) in [5.41, 5.74) is 0.169. The molecule has 4 saturated carbocycles. The Morgan fingerprint density at radius 1 is 0.972 bits per heavy atom. The van der Waals surface area contributed by atoms with Gasteiger partial charge in [0, 0.05) is 26.1 Å². The first-order chi connectivity index (χ1) is 17.2. The van der Waals surface area contributed by atoms with E-state index in [0.717, 1.165) is 51.4 Å². The highest BCUT2D eigenvalue weighted by atomic mass is 16.7. The van der Waals surface area contributed by atoms with Crippen molar-refractivity contribution in [2.75, 3.05) is 34.9 Å². The van der Waals surface area contributed by atoms with Gasteiger partial charge in [0.1, 0.15) is 13.6 Å². The largest absolute Gasteiger partial charge is 0.469 e. The molecular weight excluding hydrogens is 460 g/mol. The Hall–Kier alpha value is -0.730. The minimum Gasteiger partial charge on any atom is -0.469 e. The number of carbonyl (C=O) groups is 1. The normalized spacial score (nSPS) is 44.9. The molecule has 36 heavy (non-hydrogen) atoms. The number of rotatable bonds is 10. The summed E-state index contributed by atoms with van der Waals surface area (Å²) in [5, 5.41) is 10.5. The van der Waals surface area contributed by atoms with Gasteiger partial charge in [0.25, 0.3) is 0 Å². The van der Waals surface area contributed by atoms with Gasteiger partial charge in [0.2, 0.25) is 0 Å². The van der Waals surface area contributed by atoms with Crippen molar-refractivity contribution in [1.82, 2.24) is 0 Å². The van der Waals surface area contributed by atoms with Crippen LogP contribution in [0.15, 0.2) is 0 Å². The van der Waals surface area contributed by atoms with Crippen LogP contribution in [0.25, 0.3) is 0 Å². The van der Waals surface area contributed by atoms with E-state index in [0.29, 0.717) is 55.5 Å². The SMILES string of the molecule is COCO[C@H]1C[C@H]2[C@@H]([C@H](OCOC)C[C@H]3C[C@H](O)CC[C@@]32C)[C@@H]2CC[C@H]([C@H](C)CCC(=O)OC)[C@@]12C. The number of aliphatic hydroxyl groups is 1. The zero-order valence-electron chi connectivity index (χ0n) is 23.4. The van der Waals surface area contributed by atoms with Crippen LogP contribution in [0.1, 0.15) is 78.6 Å². The second-order valence-electron chi connectivity index (χ2n) is 12.7. The molecule has 0 aromatic rings. The molecule has 0 aromatic heterocycles. The summed E-state index contributed by atoms with van der Waals surface area (Å²) in [7, 11) is 4.87. The minimum absolute atomic E-state index is 0.0126. The third-order valence-corrected chi connectivity index (χ3v) is 11.3. The topological polar surface area (TPSA) is 83.5 Å². The maximum absolute atomic E-state index is 11.9. The number of ether oxygens (including phenoxy) is 5. The van der Waals surface area contributed by atoms with Crippen molar-refractivity contribution in [3.63, 3.8) is 0 Å². The third kappa shape index (κ3) is 5.00. The standard InChI is InChI=1S/C29H50O7/c1-18(7-10-26(31)34-6)21-8-9-22-27-23(15-25(29(21,22)3)36-17-33-5)28(2)12-11-20(30)13-19(28)14-24(27)35-16-32-4/h18-25,27,30H,7-17H2,1-6H3/t18-,19-,20-,21-,22+,23+,24-,25+,27+,28+,29-/m1/s1. The van der Waals surface area contributed by atoms with Gasteiger partial charge in [0.05, 0.1) is 25.4 Å². The van der Waals surface area contributed by atoms with E-state index in [2.05, 4.69) is 20.8 Å². The van der Waals surface area contributed by atoms with Crippen LogP contribution in [0, 0.1) is 46.3 Å². The predicted octanol–water partition coefficient (Wildman–Crippen LogP) is 4.79. The fourth-order valence-electron chi connectivity index (χ4n) is 9.46. The molecule has 4 aliphatic carbocycles. The summed E-state index contributed by atoms with van der Waals surface area (Å²) >= 11 is 0. The lowest BCUT2D eigenvalue weighted by atomic mass is 9.43. The molecule has 208 valence electrons. The maximum Gasteiger partial charge on any atom is 0.305 e. The van der Waals surface area contributed by atoms with Crippen molar-refractivity contribution in [3.05, 3.63) is 0 Å². The Morgan fingerprint density at radius 2 is 1.69 bits per heavy atom. The molecule has 0 spiro atoms. The molecule has 0 amide bonds. The summed E-state index contributed by atoms with van der Waals surface area (Å²) in [6, 6.07) is 0. The molecule has 0 saturated heterocycles. The van der Waals surface area contributed by atoms with Crippen LogP contribution in [0.5, 0.6) is 0 Å². The van der Waals surface area contributed by atoms with Gasteiger partial charge < -0.3 is 28.8 Å². The van der Waals surface area contributed by atoms with Crippen LogP contribution in [0.3, 0.4) is 0 Å². The number of hydrogen-bond acceptors (Lipinski definition) is 7. The first kappa shape index (κ1) is 28.3. The minimum atomic E-state index is -0.205. The first-order valence-electron chi connectivity index (χ1n) is 14.2. The van der Waals surface area contributed by atoms with Crippen LogP contribution in [-0.4, -0.2) is 64.3 Å². The summed E-state index contributed by atoms with van der Waals surface area (Å²) in [6.07, 6.45) is 8.46. The molecule has 0 radical (unpaired) electrons. The molecular formula is C29H50O7. The van der Waals surface area contributed by atoms with Crippen molar-refractivity contribution in [1.29, 1.82) is 0 Å². The van der Waals surface area contributed by atoms with E-state index in [9.17, 15) is 9.90 Å². The van der Waals surface area contributed by atoms with Crippen LogP contribution < -0.4 is 0 Å². The average molecular weight is 511 g/mol. The van der Waals surface area contributed by atoms with Crippen molar-refractivity contribution in [3.8, 4) is 0 Å². The predicted molar refractivity (Wildman–Crippen MR) is 136 cm³/mol. The van der Waals surface area contributed by atoms with Gasteiger partial charge >= 0.3 is 5.97 Å². The fourth-order valence-corrected chi connectivity index (χ4v) is 9.46. The van der Waals surface area contributed by atoms with Crippen LogP contribution in [-0.2, 0) is 28.5 Å². The molecule has 4 rings (SSSR count). The molecule has 0 aromatic carbocycles. The van der Waals surface area contributed by atoms with Crippen molar-refractivity contribution in [2.45, 2.75) is 96.9 Å². The molecule has 0 aliphatic heterocycles. The highest BCUT2D eigenvalue weighted by Gasteiger charge is 2.66. The fraction of sp³-hybridized carbons (Fsp3) is 0.966. The van der Waals surface area contributed by atoms with E-state index >= 15 is 0 Å².